The normalized spacial score (nSPS) is 14.2. The van der Waals surface area contributed by atoms with Gasteiger partial charge in [0, 0.05) is 57.6 Å². The van der Waals surface area contributed by atoms with Gasteiger partial charge in [0.2, 0.25) is 0 Å². The minimum atomic E-state index is -0.489. The summed E-state index contributed by atoms with van der Waals surface area (Å²) >= 11 is 0. The van der Waals surface area contributed by atoms with Gasteiger partial charge in [-0.25, -0.2) is 4.79 Å². The third kappa shape index (κ3) is 5.66. The summed E-state index contributed by atoms with van der Waals surface area (Å²) in [7, 11) is 3.22. The van der Waals surface area contributed by atoms with Gasteiger partial charge in [0.25, 0.3) is 5.56 Å². The molecule has 0 unspecified atom stereocenters. The molecule has 0 aliphatic carbocycles. The van der Waals surface area contributed by atoms with Crippen molar-refractivity contribution in [2.24, 2.45) is 7.05 Å². The highest BCUT2D eigenvalue weighted by Crippen LogP contribution is 2.24. The zero-order valence-corrected chi connectivity index (χ0v) is 19.6. The van der Waals surface area contributed by atoms with E-state index in [1.54, 1.807) is 15.5 Å². The second kappa shape index (κ2) is 11.0. The summed E-state index contributed by atoms with van der Waals surface area (Å²) in [5.41, 5.74) is 1.95. The first-order chi connectivity index (χ1) is 16.5. The van der Waals surface area contributed by atoms with E-state index in [9.17, 15) is 9.59 Å². The van der Waals surface area contributed by atoms with Crippen molar-refractivity contribution in [3.63, 3.8) is 0 Å². The Morgan fingerprint density at radius 1 is 1.29 bits per heavy atom. The fourth-order valence-corrected chi connectivity index (χ4v) is 4.18. The smallest absolute Gasteiger partial charge is 0.343 e. The molecular formula is C25H30N4O5. The van der Waals surface area contributed by atoms with Crippen LogP contribution in [0.15, 0.2) is 52.1 Å². The molecule has 1 aliphatic heterocycles. The number of esters is 1. The summed E-state index contributed by atoms with van der Waals surface area (Å²) in [6.07, 6.45) is 11.5. The lowest BCUT2D eigenvalue weighted by atomic mass is 10.1. The van der Waals surface area contributed by atoms with E-state index in [0.29, 0.717) is 56.2 Å². The van der Waals surface area contributed by atoms with Crippen molar-refractivity contribution in [3.05, 3.63) is 75.9 Å². The molecule has 1 aliphatic rings. The number of aryl methyl sites for hydroxylation is 2. The minimum Gasteiger partial charge on any atom is -0.492 e. The van der Waals surface area contributed by atoms with Crippen LogP contribution in [0.25, 0.3) is 6.08 Å². The molecule has 4 heterocycles. The van der Waals surface area contributed by atoms with Crippen molar-refractivity contribution in [2.45, 2.75) is 25.8 Å². The highest BCUT2D eigenvalue weighted by molar-refractivity contribution is 5.93. The predicted molar refractivity (Wildman–Crippen MR) is 127 cm³/mol. The van der Waals surface area contributed by atoms with Crippen molar-refractivity contribution in [3.8, 4) is 5.75 Å². The Bertz CT molecular complexity index is 1190. The van der Waals surface area contributed by atoms with Gasteiger partial charge in [0.15, 0.2) is 0 Å². The summed E-state index contributed by atoms with van der Waals surface area (Å²) in [5, 5.41) is 4.17. The van der Waals surface area contributed by atoms with Gasteiger partial charge in [0.1, 0.15) is 17.1 Å². The SMILES string of the molecule is COC(=O)c1c(OCCCc2cnn(C)c2)cc(=O)n2c1CCN(CC=Cc1ccco1)CC2. The monoisotopic (exact) mass is 466 g/mol. The Hall–Kier alpha value is -3.59. The van der Waals surface area contributed by atoms with E-state index < -0.39 is 5.97 Å². The largest absolute Gasteiger partial charge is 0.492 e. The summed E-state index contributed by atoms with van der Waals surface area (Å²) in [6, 6.07) is 5.16. The molecule has 3 aromatic heterocycles. The second-order valence-corrected chi connectivity index (χ2v) is 8.25. The van der Waals surface area contributed by atoms with Crippen LogP contribution in [0.4, 0.5) is 0 Å². The summed E-state index contributed by atoms with van der Waals surface area (Å²) < 4.78 is 19.7. The van der Waals surface area contributed by atoms with Gasteiger partial charge in [0.05, 0.1) is 26.2 Å². The quantitative estimate of drug-likeness (QED) is 0.354. The molecule has 0 spiro atoms. The molecule has 0 fully saturated rings. The van der Waals surface area contributed by atoms with Gasteiger partial charge in [-0.1, -0.05) is 6.08 Å². The van der Waals surface area contributed by atoms with Gasteiger partial charge in [-0.2, -0.15) is 5.10 Å². The topological polar surface area (TPSA) is 91.7 Å². The van der Waals surface area contributed by atoms with E-state index >= 15 is 0 Å². The van der Waals surface area contributed by atoms with Crippen LogP contribution in [-0.4, -0.2) is 58.6 Å². The highest BCUT2D eigenvalue weighted by atomic mass is 16.5. The first-order valence-electron chi connectivity index (χ1n) is 11.4. The number of hydrogen-bond donors (Lipinski definition) is 0. The van der Waals surface area contributed by atoms with Gasteiger partial charge in [-0.3, -0.25) is 14.4 Å². The molecule has 0 bridgehead atoms. The van der Waals surface area contributed by atoms with Crippen molar-refractivity contribution in [2.75, 3.05) is 33.4 Å². The number of aromatic nitrogens is 3. The molecule has 0 radical (unpaired) electrons. The fourth-order valence-electron chi connectivity index (χ4n) is 4.18. The van der Waals surface area contributed by atoms with Gasteiger partial charge in [-0.05, 0) is 36.6 Å². The number of ether oxygens (including phenoxy) is 2. The van der Waals surface area contributed by atoms with Crippen molar-refractivity contribution in [1.29, 1.82) is 0 Å². The standard InChI is InChI=1S/C25H30N4O5/c1-27-18-19(17-26-27)6-4-15-34-22-16-23(30)29-13-12-28(10-3-7-20-8-5-14-33-20)11-9-21(29)24(22)25(31)32-2/h3,5,7-8,14,16-18H,4,6,9-13,15H2,1-2H3. The average Bonchev–Trinajstić information content (AvgIpc) is 3.45. The molecular weight excluding hydrogens is 436 g/mol. The molecule has 9 nitrogen and oxygen atoms in total. The van der Waals surface area contributed by atoms with E-state index in [2.05, 4.69) is 10.00 Å². The number of nitrogens with zero attached hydrogens (tertiary/aromatic N) is 4. The van der Waals surface area contributed by atoms with Crippen LogP contribution in [0.2, 0.25) is 0 Å². The lowest BCUT2D eigenvalue weighted by Crippen LogP contribution is -2.29. The maximum atomic E-state index is 12.9. The molecule has 0 saturated heterocycles. The van der Waals surface area contributed by atoms with E-state index in [0.717, 1.165) is 24.2 Å². The predicted octanol–water partition coefficient (Wildman–Crippen LogP) is 2.54. The first kappa shape index (κ1) is 23.6. The van der Waals surface area contributed by atoms with Crippen LogP contribution in [0.1, 0.15) is 33.8 Å². The van der Waals surface area contributed by atoms with Crippen LogP contribution >= 0.6 is 0 Å². The molecule has 0 aromatic carbocycles. The van der Waals surface area contributed by atoms with Crippen LogP contribution in [0, 0.1) is 0 Å². The Labute approximate surface area is 198 Å². The lowest BCUT2D eigenvalue weighted by molar-refractivity contribution is 0.0593. The Balaban J connectivity index is 1.46. The third-order valence-corrected chi connectivity index (χ3v) is 5.89. The number of furan rings is 1. The highest BCUT2D eigenvalue weighted by Gasteiger charge is 2.25. The number of rotatable bonds is 9. The van der Waals surface area contributed by atoms with Crippen molar-refractivity contribution in [1.82, 2.24) is 19.2 Å². The van der Waals surface area contributed by atoms with Crippen LogP contribution in [0.5, 0.6) is 5.75 Å². The summed E-state index contributed by atoms with van der Waals surface area (Å²) in [5.74, 6) is 0.602. The van der Waals surface area contributed by atoms with Gasteiger partial charge >= 0.3 is 5.97 Å². The lowest BCUT2D eigenvalue weighted by Gasteiger charge is -2.17. The Morgan fingerprint density at radius 2 is 2.18 bits per heavy atom. The van der Waals surface area contributed by atoms with Crippen molar-refractivity contribution >= 4 is 12.0 Å². The maximum absolute atomic E-state index is 12.9. The van der Waals surface area contributed by atoms with Crippen LogP contribution < -0.4 is 10.3 Å². The molecule has 0 atom stereocenters. The van der Waals surface area contributed by atoms with Crippen LogP contribution in [-0.2, 0) is 31.2 Å². The summed E-state index contributed by atoms with van der Waals surface area (Å²) in [4.78, 5) is 27.9. The van der Waals surface area contributed by atoms with E-state index in [-0.39, 0.29) is 5.56 Å². The van der Waals surface area contributed by atoms with Gasteiger partial charge < -0.3 is 18.5 Å². The Kier molecular flexibility index (Phi) is 7.64. The fraction of sp³-hybridized carbons (Fsp3) is 0.400. The number of methoxy groups -OCH3 is 1. The number of pyridine rings is 1. The number of carbonyl (C=O) groups excluding carboxylic acids is 1. The molecule has 180 valence electrons. The zero-order chi connectivity index (χ0) is 23.9. The van der Waals surface area contributed by atoms with Gasteiger partial charge in [-0.15, -0.1) is 0 Å². The maximum Gasteiger partial charge on any atom is 0.343 e. The van der Waals surface area contributed by atoms with Crippen molar-refractivity contribution < 1.29 is 18.7 Å². The zero-order valence-electron chi connectivity index (χ0n) is 19.6. The van der Waals surface area contributed by atoms with E-state index in [1.807, 2.05) is 43.7 Å². The molecule has 4 rings (SSSR count). The number of fused-ring (bicyclic) bond motifs is 1. The molecule has 0 N–H and O–H groups in total. The number of carbonyl (C=O) groups is 1. The van der Waals surface area contributed by atoms with Crippen LogP contribution in [0.3, 0.4) is 0 Å². The molecule has 0 amide bonds. The van der Waals surface area contributed by atoms with E-state index in [1.165, 1.54) is 13.2 Å². The molecule has 0 saturated carbocycles. The summed E-state index contributed by atoms with van der Waals surface area (Å²) in [6.45, 7) is 2.99. The molecule has 34 heavy (non-hydrogen) atoms. The molecule has 3 aromatic rings. The minimum absolute atomic E-state index is 0.169. The van der Waals surface area contributed by atoms with E-state index in [4.69, 9.17) is 13.9 Å². The second-order valence-electron chi connectivity index (χ2n) is 8.25. The first-order valence-corrected chi connectivity index (χ1v) is 11.4. The Morgan fingerprint density at radius 3 is 2.91 bits per heavy atom. The number of hydrogen-bond acceptors (Lipinski definition) is 7. The molecule has 9 heteroatoms. The average molecular weight is 467 g/mol. The third-order valence-electron chi connectivity index (χ3n) is 5.89.